The zero-order valence-electron chi connectivity index (χ0n) is 21.3. The fourth-order valence-electron chi connectivity index (χ4n) is 5.37. The molecular weight excluding hydrogens is 474 g/mol. The highest BCUT2D eigenvalue weighted by Gasteiger charge is 2.16. The third kappa shape index (κ3) is 4.01. The number of fused-ring (bicyclic) bond motifs is 3. The molecule has 0 aliphatic carbocycles. The molecule has 7 rings (SSSR count). The molecule has 0 aliphatic heterocycles. The molecule has 0 saturated carbocycles. The fraction of sp³-hybridized carbons (Fsp3) is 0. The maximum atomic E-state index is 5.04. The van der Waals surface area contributed by atoms with Crippen molar-refractivity contribution in [2.24, 2.45) is 0 Å². The lowest BCUT2D eigenvalue weighted by Crippen LogP contribution is -1.98. The van der Waals surface area contributed by atoms with Crippen molar-refractivity contribution in [1.82, 2.24) is 14.5 Å². The lowest BCUT2D eigenvalue weighted by atomic mass is 10.1. The van der Waals surface area contributed by atoms with Gasteiger partial charge in [-0.2, -0.15) is 0 Å². The molecule has 0 atom stereocenters. The molecule has 0 fully saturated rings. The summed E-state index contributed by atoms with van der Waals surface area (Å²) in [5.41, 5.74) is 9.39. The van der Waals surface area contributed by atoms with Gasteiger partial charge in [-0.25, -0.2) is 9.97 Å². The third-order valence-corrected chi connectivity index (χ3v) is 7.18. The lowest BCUT2D eigenvalue weighted by molar-refractivity contribution is 1.16. The van der Waals surface area contributed by atoms with Crippen LogP contribution in [-0.2, 0) is 0 Å². The van der Waals surface area contributed by atoms with Gasteiger partial charge in [0, 0.05) is 33.2 Å². The van der Waals surface area contributed by atoms with E-state index < -0.39 is 0 Å². The molecule has 0 amide bonds. The first-order valence-corrected chi connectivity index (χ1v) is 13.1. The van der Waals surface area contributed by atoms with Crippen LogP contribution in [0.5, 0.6) is 0 Å². The predicted octanol–water partition coefficient (Wildman–Crippen LogP) is 9.22. The molecule has 0 unspecified atom stereocenters. The van der Waals surface area contributed by atoms with E-state index in [1.165, 1.54) is 10.8 Å². The molecule has 2 aromatic heterocycles. The third-order valence-electron chi connectivity index (χ3n) is 7.18. The Hall–Kier alpha value is -5.28. The highest BCUT2D eigenvalue weighted by molar-refractivity contribution is 6.12. The second kappa shape index (κ2) is 9.55. The number of hydrogen-bond acceptors (Lipinski definition) is 2. The van der Waals surface area contributed by atoms with E-state index >= 15 is 0 Å². The van der Waals surface area contributed by atoms with Gasteiger partial charge in [0.1, 0.15) is 0 Å². The highest BCUT2D eigenvalue weighted by atomic mass is 15.0. The number of rotatable bonds is 5. The number of para-hydroxylation sites is 1. The molecule has 0 bridgehead atoms. The van der Waals surface area contributed by atoms with E-state index in [0.29, 0.717) is 5.82 Å². The first-order valence-electron chi connectivity index (χ1n) is 13.1. The smallest absolute Gasteiger partial charge is 0.160 e. The molecule has 0 N–H and O–H groups in total. The van der Waals surface area contributed by atoms with Crippen LogP contribution in [0.25, 0.3) is 67.5 Å². The van der Waals surface area contributed by atoms with Crippen LogP contribution in [0.4, 0.5) is 0 Å². The minimum Gasteiger partial charge on any atom is -0.309 e. The Bertz CT molecular complexity index is 1910. The van der Waals surface area contributed by atoms with Crippen LogP contribution in [0, 0.1) is 0 Å². The summed E-state index contributed by atoms with van der Waals surface area (Å²) in [7, 11) is 0. The second-order valence-electron chi connectivity index (χ2n) is 9.54. The Morgan fingerprint density at radius 1 is 0.538 bits per heavy atom. The Labute approximate surface area is 227 Å². The normalized spacial score (nSPS) is 11.2. The predicted molar refractivity (Wildman–Crippen MR) is 163 cm³/mol. The highest BCUT2D eigenvalue weighted by Crippen LogP contribution is 2.35. The van der Waals surface area contributed by atoms with Crippen LogP contribution in [0.2, 0.25) is 0 Å². The minimum absolute atomic E-state index is 0.699. The molecule has 0 spiro atoms. The van der Waals surface area contributed by atoms with Gasteiger partial charge in [0.25, 0.3) is 0 Å². The van der Waals surface area contributed by atoms with E-state index in [2.05, 4.69) is 108 Å². The molecule has 184 valence electrons. The van der Waals surface area contributed by atoms with E-state index in [0.717, 1.165) is 50.4 Å². The maximum Gasteiger partial charge on any atom is 0.160 e. The van der Waals surface area contributed by atoms with Crippen LogP contribution >= 0.6 is 0 Å². The van der Waals surface area contributed by atoms with E-state index in [1.807, 2.05) is 42.5 Å². The summed E-state index contributed by atoms with van der Waals surface area (Å²) in [6.45, 7) is 4.06. The first-order chi connectivity index (χ1) is 19.3. The maximum absolute atomic E-state index is 5.04. The molecule has 0 aliphatic rings. The molecule has 3 nitrogen and oxygen atoms in total. The molecular formula is C36H25N3. The summed E-state index contributed by atoms with van der Waals surface area (Å²) in [6.07, 6.45) is 1.93. The van der Waals surface area contributed by atoms with Crippen molar-refractivity contribution in [2.75, 3.05) is 0 Å². The number of benzene rings is 5. The van der Waals surface area contributed by atoms with Crippen molar-refractivity contribution >= 4 is 27.9 Å². The van der Waals surface area contributed by atoms with Crippen molar-refractivity contribution in [3.63, 3.8) is 0 Å². The Morgan fingerprint density at radius 3 is 1.82 bits per heavy atom. The molecule has 5 aromatic carbocycles. The van der Waals surface area contributed by atoms with Crippen molar-refractivity contribution in [1.29, 1.82) is 0 Å². The van der Waals surface area contributed by atoms with Crippen molar-refractivity contribution in [3.8, 4) is 39.6 Å². The summed E-state index contributed by atoms with van der Waals surface area (Å²) in [5.74, 6) is 0.699. The van der Waals surface area contributed by atoms with E-state index in [9.17, 15) is 0 Å². The molecule has 39 heavy (non-hydrogen) atoms. The molecule has 3 heteroatoms. The van der Waals surface area contributed by atoms with Crippen molar-refractivity contribution in [2.45, 2.75) is 0 Å². The van der Waals surface area contributed by atoms with Gasteiger partial charge in [0.15, 0.2) is 5.82 Å². The standard InChI is InChI=1S/C36H25N3/c1-2-25-17-12-22-34-35(25)30-20-9-10-21-33(30)39(34)29-19-11-18-28(23-29)36-37-31(26-13-5-3-6-14-26)24-32(38-36)27-15-7-4-8-16-27/h2-24H,1H2. The topological polar surface area (TPSA) is 30.7 Å². The molecule has 0 saturated heterocycles. The average Bonchev–Trinajstić information content (AvgIpc) is 3.36. The van der Waals surface area contributed by atoms with Gasteiger partial charge in [-0.15, -0.1) is 0 Å². The van der Waals surface area contributed by atoms with Gasteiger partial charge in [-0.3, -0.25) is 0 Å². The van der Waals surface area contributed by atoms with Crippen LogP contribution < -0.4 is 0 Å². The zero-order valence-corrected chi connectivity index (χ0v) is 21.3. The summed E-state index contributed by atoms with van der Waals surface area (Å²) in [5, 5.41) is 2.42. The Morgan fingerprint density at radius 2 is 1.13 bits per heavy atom. The van der Waals surface area contributed by atoms with Crippen LogP contribution in [0.1, 0.15) is 5.56 Å². The van der Waals surface area contributed by atoms with Crippen LogP contribution in [0.15, 0.2) is 140 Å². The van der Waals surface area contributed by atoms with Crippen LogP contribution in [0.3, 0.4) is 0 Å². The van der Waals surface area contributed by atoms with Gasteiger partial charge >= 0.3 is 0 Å². The summed E-state index contributed by atoms with van der Waals surface area (Å²) in [4.78, 5) is 10.1. The summed E-state index contributed by atoms with van der Waals surface area (Å²) >= 11 is 0. The fourth-order valence-corrected chi connectivity index (χ4v) is 5.37. The van der Waals surface area contributed by atoms with Crippen molar-refractivity contribution < 1.29 is 0 Å². The number of aromatic nitrogens is 3. The first kappa shape index (κ1) is 22.9. The van der Waals surface area contributed by atoms with Gasteiger partial charge in [-0.05, 0) is 35.9 Å². The summed E-state index contributed by atoms with van der Waals surface area (Å²) < 4.78 is 2.32. The zero-order chi connectivity index (χ0) is 26.2. The second-order valence-corrected chi connectivity index (χ2v) is 9.54. The summed E-state index contributed by atoms with van der Waals surface area (Å²) in [6, 6.07) is 46.1. The number of nitrogens with zero attached hydrogens (tertiary/aromatic N) is 3. The SMILES string of the molecule is C=Cc1cccc2c1c1ccccc1n2-c1cccc(-c2nc(-c3ccccc3)cc(-c3ccccc3)n2)c1. The van der Waals surface area contributed by atoms with Crippen molar-refractivity contribution in [3.05, 3.63) is 146 Å². The van der Waals surface area contributed by atoms with Gasteiger partial charge in [0.2, 0.25) is 0 Å². The number of hydrogen-bond donors (Lipinski definition) is 0. The molecule has 2 heterocycles. The van der Waals surface area contributed by atoms with Gasteiger partial charge < -0.3 is 4.57 Å². The monoisotopic (exact) mass is 499 g/mol. The largest absolute Gasteiger partial charge is 0.309 e. The van der Waals surface area contributed by atoms with E-state index in [-0.39, 0.29) is 0 Å². The minimum atomic E-state index is 0.699. The average molecular weight is 500 g/mol. The quantitative estimate of drug-likeness (QED) is 0.236. The Kier molecular flexibility index (Phi) is 5.60. The molecule has 0 radical (unpaired) electrons. The van der Waals surface area contributed by atoms with Gasteiger partial charge in [-0.1, -0.05) is 116 Å². The Balaban J connectivity index is 1.45. The van der Waals surface area contributed by atoms with E-state index in [1.54, 1.807) is 0 Å². The molecule has 7 aromatic rings. The van der Waals surface area contributed by atoms with Crippen LogP contribution in [-0.4, -0.2) is 14.5 Å². The van der Waals surface area contributed by atoms with Gasteiger partial charge in [0.05, 0.1) is 22.4 Å². The lowest BCUT2D eigenvalue weighted by Gasteiger charge is -2.12. The van der Waals surface area contributed by atoms with E-state index in [4.69, 9.17) is 9.97 Å².